The summed E-state index contributed by atoms with van der Waals surface area (Å²) in [5.41, 5.74) is 0. The van der Waals surface area contributed by atoms with Crippen LogP contribution in [0.4, 0.5) is 0 Å². The van der Waals surface area contributed by atoms with Crippen molar-refractivity contribution in [1.82, 2.24) is 0 Å². The molecule has 0 aromatic carbocycles. The standard InChI is InChI=1S/C10H20BNO2/c1-3-9-13-11(14-10-4-2)7-5-6-8-12/h3-7,9-10H2,1-2H3. The molecule has 14 heavy (non-hydrogen) atoms. The summed E-state index contributed by atoms with van der Waals surface area (Å²) in [6, 6.07) is 2.12. The molecular weight excluding hydrogens is 177 g/mol. The topological polar surface area (TPSA) is 42.2 Å². The molecule has 0 aromatic rings. The summed E-state index contributed by atoms with van der Waals surface area (Å²) >= 11 is 0. The molecule has 0 heterocycles. The summed E-state index contributed by atoms with van der Waals surface area (Å²) in [5, 5.41) is 8.40. The number of hydrogen-bond acceptors (Lipinski definition) is 3. The Kier molecular flexibility index (Phi) is 10.2. The molecule has 0 rings (SSSR count). The van der Waals surface area contributed by atoms with Crippen molar-refractivity contribution in [1.29, 1.82) is 5.26 Å². The minimum absolute atomic E-state index is 0.108. The summed E-state index contributed by atoms with van der Waals surface area (Å²) in [7, 11) is -0.108. The quantitative estimate of drug-likeness (QED) is 0.421. The normalized spacial score (nSPS) is 9.79. The second kappa shape index (κ2) is 10.6. The van der Waals surface area contributed by atoms with Crippen molar-refractivity contribution in [2.75, 3.05) is 13.2 Å². The van der Waals surface area contributed by atoms with Crippen molar-refractivity contribution in [3.05, 3.63) is 0 Å². The Bertz CT molecular complexity index is 151. The highest BCUT2D eigenvalue weighted by Crippen LogP contribution is 2.05. The van der Waals surface area contributed by atoms with E-state index >= 15 is 0 Å². The second-order valence-electron chi connectivity index (χ2n) is 3.22. The Morgan fingerprint density at radius 2 is 1.71 bits per heavy atom. The van der Waals surface area contributed by atoms with Gasteiger partial charge in [0.1, 0.15) is 0 Å². The van der Waals surface area contributed by atoms with Crippen LogP contribution in [0.1, 0.15) is 39.5 Å². The highest BCUT2D eigenvalue weighted by molar-refractivity contribution is 6.44. The minimum Gasteiger partial charge on any atom is -0.411 e. The highest BCUT2D eigenvalue weighted by Gasteiger charge is 2.16. The predicted octanol–water partition coefficient (Wildman–Crippen LogP) is 2.63. The van der Waals surface area contributed by atoms with E-state index in [2.05, 4.69) is 19.9 Å². The van der Waals surface area contributed by atoms with E-state index in [0.29, 0.717) is 6.42 Å². The van der Waals surface area contributed by atoms with Crippen molar-refractivity contribution < 1.29 is 9.31 Å². The zero-order valence-corrected chi connectivity index (χ0v) is 9.29. The van der Waals surface area contributed by atoms with Crippen LogP contribution in [0.15, 0.2) is 0 Å². The van der Waals surface area contributed by atoms with E-state index in [1.54, 1.807) is 0 Å². The third kappa shape index (κ3) is 8.09. The molecule has 0 fully saturated rings. The van der Waals surface area contributed by atoms with Crippen molar-refractivity contribution in [3.8, 4) is 6.07 Å². The Morgan fingerprint density at radius 1 is 1.14 bits per heavy atom. The van der Waals surface area contributed by atoms with Gasteiger partial charge in [-0.1, -0.05) is 13.8 Å². The van der Waals surface area contributed by atoms with E-state index in [0.717, 1.165) is 38.8 Å². The second-order valence-corrected chi connectivity index (χ2v) is 3.22. The maximum Gasteiger partial charge on any atom is 0.456 e. The zero-order chi connectivity index (χ0) is 10.6. The Balaban J connectivity index is 3.56. The lowest BCUT2D eigenvalue weighted by molar-refractivity contribution is 0.196. The average Bonchev–Trinajstić information content (AvgIpc) is 2.21. The van der Waals surface area contributed by atoms with Gasteiger partial charge in [-0.15, -0.1) is 0 Å². The molecule has 0 aliphatic carbocycles. The third-order valence-corrected chi connectivity index (χ3v) is 1.74. The summed E-state index contributed by atoms with van der Waals surface area (Å²) in [5.74, 6) is 0. The first-order valence-corrected chi connectivity index (χ1v) is 5.45. The predicted molar refractivity (Wildman–Crippen MR) is 57.9 cm³/mol. The smallest absolute Gasteiger partial charge is 0.411 e. The first-order chi connectivity index (χ1) is 6.85. The largest absolute Gasteiger partial charge is 0.456 e. The van der Waals surface area contributed by atoms with Crippen LogP contribution in [0.2, 0.25) is 6.32 Å². The van der Waals surface area contributed by atoms with Gasteiger partial charge >= 0.3 is 7.12 Å². The summed E-state index contributed by atoms with van der Waals surface area (Å²) in [6.07, 6.45) is 4.28. The molecule has 0 bridgehead atoms. The van der Waals surface area contributed by atoms with E-state index in [1.165, 1.54) is 0 Å². The van der Waals surface area contributed by atoms with Crippen LogP contribution in [-0.4, -0.2) is 20.3 Å². The van der Waals surface area contributed by atoms with Gasteiger partial charge in [0, 0.05) is 19.6 Å². The molecule has 4 heteroatoms. The first kappa shape index (κ1) is 13.5. The van der Waals surface area contributed by atoms with E-state index in [9.17, 15) is 0 Å². The Morgan fingerprint density at radius 3 is 2.14 bits per heavy atom. The van der Waals surface area contributed by atoms with E-state index < -0.39 is 0 Å². The van der Waals surface area contributed by atoms with Gasteiger partial charge in [-0.2, -0.15) is 5.26 Å². The van der Waals surface area contributed by atoms with Crippen LogP contribution in [0, 0.1) is 11.3 Å². The molecular formula is C10H20BNO2. The van der Waals surface area contributed by atoms with Crippen LogP contribution in [-0.2, 0) is 9.31 Å². The summed E-state index contributed by atoms with van der Waals surface area (Å²) in [4.78, 5) is 0. The minimum atomic E-state index is -0.108. The molecule has 0 aliphatic rings. The summed E-state index contributed by atoms with van der Waals surface area (Å²) in [6.45, 7) is 5.63. The molecule has 0 unspecified atom stereocenters. The van der Waals surface area contributed by atoms with Gasteiger partial charge in [0.25, 0.3) is 0 Å². The van der Waals surface area contributed by atoms with Gasteiger partial charge in [-0.05, 0) is 25.6 Å². The SMILES string of the molecule is CCCOB(CCCC#N)OCCC. The molecule has 0 aromatic heterocycles. The van der Waals surface area contributed by atoms with E-state index in [-0.39, 0.29) is 7.12 Å². The van der Waals surface area contributed by atoms with Gasteiger partial charge < -0.3 is 9.31 Å². The molecule has 80 valence electrons. The molecule has 0 amide bonds. The van der Waals surface area contributed by atoms with Gasteiger partial charge in [0.15, 0.2) is 0 Å². The monoisotopic (exact) mass is 197 g/mol. The summed E-state index contributed by atoms with van der Waals surface area (Å²) < 4.78 is 11.0. The van der Waals surface area contributed by atoms with Crippen molar-refractivity contribution in [3.63, 3.8) is 0 Å². The van der Waals surface area contributed by atoms with Gasteiger partial charge in [-0.25, -0.2) is 0 Å². The lowest BCUT2D eigenvalue weighted by Crippen LogP contribution is -2.23. The fourth-order valence-electron chi connectivity index (χ4n) is 1.06. The maximum atomic E-state index is 8.40. The number of hydrogen-bond donors (Lipinski definition) is 0. The van der Waals surface area contributed by atoms with Crippen LogP contribution in [0.3, 0.4) is 0 Å². The lowest BCUT2D eigenvalue weighted by Gasteiger charge is -2.12. The number of nitriles is 1. The average molecular weight is 197 g/mol. The number of unbranched alkanes of at least 4 members (excludes halogenated alkanes) is 1. The van der Waals surface area contributed by atoms with Gasteiger partial charge in [0.2, 0.25) is 0 Å². The van der Waals surface area contributed by atoms with Crippen molar-refractivity contribution >= 4 is 7.12 Å². The molecule has 3 nitrogen and oxygen atoms in total. The van der Waals surface area contributed by atoms with E-state index in [1.807, 2.05) is 0 Å². The fourth-order valence-corrected chi connectivity index (χ4v) is 1.06. The molecule has 0 aliphatic heterocycles. The van der Waals surface area contributed by atoms with Crippen LogP contribution >= 0.6 is 0 Å². The molecule has 0 atom stereocenters. The van der Waals surface area contributed by atoms with Gasteiger partial charge in [0.05, 0.1) is 6.07 Å². The third-order valence-electron chi connectivity index (χ3n) is 1.74. The first-order valence-electron chi connectivity index (χ1n) is 5.45. The van der Waals surface area contributed by atoms with Crippen LogP contribution in [0.5, 0.6) is 0 Å². The van der Waals surface area contributed by atoms with E-state index in [4.69, 9.17) is 14.6 Å². The molecule has 0 N–H and O–H groups in total. The number of nitrogens with zero attached hydrogens (tertiary/aromatic N) is 1. The molecule has 0 saturated carbocycles. The lowest BCUT2D eigenvalue weighted by atomic mass is 9.82. The Labute approximate surface area is 87.5 Å². The van der Waals surface area contributed by atoms with Crippen molar-refractivity contribution in [2.45, 2.75) is 45.9 Å². The highest BCUT2D eigenvalue weighted by atomic mass is 16.6. The van der Waals surface area contributed by atoms with Crippen LogP contribution in [0.25, 0.3) is 0 Å². The zero-order valence-electron chi connectivity index (χ0n) is 9.29. The van der Waals surface area contributed by atoms with Gasteiger partial charge in [-0.3, -0.25) is 0 Å². The number of rotatable bonds is 9. The van der Waals surface area contributed by atoms with Crippen molar-refractivity contribution in [2.24, 2.45) is 0 Å². The maximum absolute atomic E-state index is 8.40. The van der Waals surface area contributed by atoms with Crippen LogP contribution < -0.4 is 0 Å². The molecule has 0 spiro atoms. The Hall–Kier alpha value is -0.525. The molecule has 0 saturated heterocycles. The fraction of sp³-hybridized carbons (Fsp3) is 0.900. The molecule has 0 radical (unpaired) electrons.